The summed E-state index contributed by atoms with van der Waals surface area (Å²) in [6, 6.07) is 4.84. The van der Waals surface area contributed by atoms with E-state index in [1.165, 1.54) is 0 Å². The van der Waals surface area contributed by atoms with Crippen LogP contribution < -0.4 is 10.6 Å². The lowest BCUT2D eigenvalue weighted by Gasteiger charge is -2.06. The summed E-state index contributed by atoms with van der Waals surface area (Å²) in [6.45, 7) is 4.42. The van der Waals surface area contributed by atoms with E-state index < -0.39 is 0 Å². The lowest BCUT2D eigenvalue weighted by atomic mass is 10.2. The van der Waals surface area contributed by atoms with E-state index >= 15 is 0 Å². The first-order chi connectivity index (χ1) is 8.15. The van der Waals surface area contributed by atoms with Crippen molar-refractivity contribution in [3.05, 3.63) is 33.8 Å². The fraction of sp³-hybridized carbons (Fsp3) is 0.417. The van der Waals surface area contributed by atoms with Crippen molar-refractivity contribution in [1.29, 1.82) is 0 Å². The van der Waals surface area contributed by atoms with Crippen molar-refractivity contribution in [2.75, 3.05) is 19.6 Å². The molecule has 0 bridgehead atoms. The van der Waals surface area contributed by atoms with E-state index in [1.54, 1.807) is 18.2 Å². The zero-order chi connectivity index (χ0) is 12.7. The molecule has 1 aromatic carbocycles. The fourth-order valence-corrected chi connectivity index (χ4v) is 1.60. The van der Waals surface area contributed by atoms with Crippen LogP contribution in [0, 0.1) is 0 Å². The van der Waals surface area contributed by atoms with Gasteiger partial charge in [-0.2, -0.15) is 0 Å². The maximum absolute atomic E-state index is 11.7. The Labute approximate surface area is 124 Å². The van der Waals surface area contributed by atoms with Crippen LogP contribution >= 0.6 is 35.6 Å². The minimum atomic E-state index is -0.137. The molecule has 0 fully saturated rings. The Balaban J connectivity index is 0.00000289. The summed E-state index contributed by atoms with van der Waals surface area (Å²) in [6.07, 6.45) is 1.08. The maximum Gasteiger partial charge on any atom is 0.251 e. The van der Waals surface area contributed by atoms with E-state index in [9.17, 15) is 4.79 Å². The van der Waals surface area contributed by atoms with Crippen molar-refractivity contribution in [2.45, 2.75) is 13.3 Å². The van der Waals surface area contributed by atoms with E-state index in [4.69, 9.17) is 23.2 Å². The SMILES string of the molecule is CCCNCCNC(=O)c1ccc(Cl)c(Cl)c1.Cl. The minimum Gasteiger partial charge on any atom is -0.351 e. The van der Waals surface area contributed by atoms with Gasteiger partial charge in [-0.05, 0) is 31.2 Å². The lowest BCUT2D eigenvalue weighted by molar-refractivity contribution is 0.0954. The molecular formula is C12H17Cl3N2O. The van der Waals surface area contributed by atoms with Gasteiger partial charge in [0.05, 0.1) is 10.0 Å². The Morgan fingerprint density at radius 3 is 2.50 bits per heavy atom. The van der Waals surface area contributed by atoms with Gasteiger partial charge in [-0.3, -0.25) is 4.79 Å². The van der Waals surface area contributed by atoms with E-state index in [2.05, 4.69) is 17.6 Å². The van der Waals surface area contributed by atoms with Gasteiger partial charge in [0.1, 0.15) is 0 Å². The van der Waals surface area contributed by atoms with Gasteiger partial charge in [0.15, 0.2) is 0 Å². The number of rotatable bonds is 6. The highest BCUT2D eigenvalue weighted by Crippen LogP contribution is 2.22. The molecule has 1 rings (SSSR count). The molecule has 0 saturated carbocycles. The Bertz CT molecular complexity index is 386. The second-order valence-corrected chi connectivity index (χ2v) is 4.45. The maximum atomic E-state index is 11.7. The van der Waals surface area contributed by atoms with Crippen LogP contribution in [-0.4, -0.2) is 25.5 Å². The van der Waals surface area contributed by atoms with Gasteiger partial charge in [-0.15, -0.1) is 12.4 Å². The normalized spacial score (nSPS) is 9.72. The molecule has 0 saturated heterocycles. The summed E-state index contributed by atoms with van der Waals surface area (Å²) in [5, 5.41) is 6.85. The summed E-state index contributed by atoms with van der Waals surface area (Å²) in [4.78, 5) is 11.7. The first kappa shape index (κ1) is 17.5. The number of carbonyl (C=O) groups is 1. The monoisotopic (exact) mass is 310 g/mol. The molecule has 2 N–H and O–H groups in total. The minimum absolute atomic E-state index is 0. The molecule has 0 aromatic heterocycles. The van der Waals surface area contributed by atoms with Gasteiger partial charge in [0.25, 0.3) is 5.91 Å². The molecule has 0 atom stereocenters. The second kappa shape index (κ2) is 9.45. The average molecular weight is 312 g/mol. The van der Waals surface area contributed by atoms with E-state index in [-0.39, 0.29) is 18.3 Å². The third-order valence-corrected chi connectivity index (χ3v) is 2.93. The Morgan fingerprint density at radius 2 is 1.89 bits per heavy atom. The highest BCUT2D eigenvalue weighted by molar-refractivity contribution is 6.42. The number of nitrogens with one attached hydrogen (secondary N) is 2. The first-order valence-corrected chi connectivity index (χ1v) is 6.34. The van der Waals surface area contributed by atoms with Crippen molar-refractivity contribution in [3.8, 4) is 0 Å². The molecule has 0 aliphatic carbocycles. The van der Waals surface area contributed by atoms with Crippen LogP contribution in [0.4, 0.5) is 0 Å². The van der Waals surface area contributed by atoms with Gasteiger partial charge in [0, 0.05) is 18.7 Å². The summed E-state index contributed by atoms with van der Waals surface area (Å²) in [5.74, 6) is -0.137. The van der Waals surface area contributed by atoms with Gasteiger partial charge in [-0.1, -0.05) is 30.1 Å². The zero-order valence-electron chi connectivity index (χ0n) is 10.1. The standard InChI is InChI=1S/C12H16Cl2N2O.ClH/c1-2-5-15-6-7-16-12(17)9-3-4-10(13)11(14)8-9;/h3-4,8,15H,2,5-7H2,1H3,(H,16,17);1H. The molecule has 3 nitrogen and oxygen atoms in total. The summed E-state index contributed by atoms with van der Waals surface area (Å²) in [7, 11) is 0. The van der Waals surface area contributed by atoms with Gasteiger partial charge in [0.2, 0.25) is 0 Å². The molecule has 102 valence electrons. The Kier molecular flexibility index (Phi) is 9.20. The smallest absolute Gasteiger partial charge is 0.251 e. The number of benzene rings is 1. The van der Waals surface area contributed by atoms with E-state index in [0.717, 1.165) is 19.5 Å². The summed E-state index contributed by atoms with van der Waals surface area (Å²) in [5.41, 5.74) is 0.523. The molecule has 1 aromatic rings. The zero-order valence-corrected chi connectivity index (χ0v) is 12.5. The van der Waals surface area contributed by atoms with Crippen molar-refractivity contribution in [3.63, 3.8) is 0 Å². The number of hydrogen-bond donors (Lipinski definition) is 2. The number of halogens is 3. The molecule has 1 amide bonds. The topological polar surface area (TPSA) is 41.1 Å². The quantitative estimate of drug-likeness (QED) is 0.792. The molecule has 6 heteroatoms. The van der Waals surface area contributed by atoms with E-state index in [1.807, 2.05) is 0 Å². The van der Waals surface area contributed by atoms with Crippen molar-refractivity contribution in [1.82, 2.24) is 10.6 Å². The van der Waals surface area contributed by atoms with Crippen LogP contribution in [0.5, 0.6) is 0 Å². The number of hydrogen-bond acceptors (Lipinski definition) is 2. The van der Waals surface area contributed by atoms with Crippen molar-refractivity contribution < 1.29 is 4.79 Å². The Hall–Kier alpha value is -0.480. The first-order valence-electron chi connectivity index (χ1n) is 5.59. The van der Waals surface area contributed by atoms with Crippen LogP contribution in [0.25, 0.3) is 0 Å². The molecule has 0 radical (unpaired) electrons. The highest BCUT2D eigenvalue weighted by Gasteiger charge is 2.06. The van der Waals surface area contributed by atoms with Crippen molar-refractivity contribution >= 4 is 41.5 Å². The third kappa shape index (κ3) is 5.91. The predicted octanol–water partition coefficient (Wildman–Crippen LogP) is 3.14. The third-order valence-electron chi connectivity index (χ3n) is 2.20. The van der Waals surface area contributed by atoms with Gasteiger partial charge >= 0.3 is 0 Å². The number of amides is 1. The highest BCUT2D eigenvalue weighted by atomic mass is 35.5. The van der Waals surface area contributed by atoms with Crippen LogP contribution in [0.3, 0.4) is 0 Å². The van der Waals surface area contributed by atoms with E-state index in [0.29, 0.717) is 22.2 Å². The largest absolute Gasteiger partial charge is 0.351 e. The summed E-state index contributed by atoms with van der Waals surface area (Å²) < 4.78 is 0. The second-order valence-electron chi connectivity index (χ2n) is 3.63. The fourth-order valence-electron chi connectivity index (χ4n) is 1.31. The predicted molar refractivity (Wildman–Crippen MR) is 79.2 cm³/mol. The van der Waals surface area contributed by atoms with Gasteiger partial charge in [-0.25, -0.2) is 0 Å². The van der Waals surface area contributed by atoms with Gasteiger partial charge < -0.3 is 10.6 Å². The van der Waals surface area contributed by atoms with Crippen LogP contribution in [0.1, 0.15) is 23.7 Å². The van der Waals surface area contributed by atoms with Crippen LogP contribution in [-0.2, 0) is 0 Å². The molecule has 0 aliphatic heterocycles. The number of carbonyl (C=O) groups excluding carboxylic acids is 1. The van der Waals surface area contributed by atoms with Crippen LogP contribution in [0.15, 0.2) is 18.2 Å². The molecular weight excluding hydrogens is 295 g/mol. The van der Waals surface area contributed by atoms with Crippen molar-refractivity contribution in [2.24, 2.45) is 0 Å². The average Bonchev–Trinajstić information content (AvgIpc) is 2.32. The molecule has 0 heterocycles. The lowest BCUT2D eigenvalue weighted by Crippen LogP contribution is -2.32. The van der Waals surface area contributed by atoms with Crippen LogP contribution in [0.2, 0.25) is 10.0 Å². The summed E-state index contributed by atoms with van der Waals surface area (Å²) >= 11 is 11.6. The Morgan fingerprint density at radius 1 is 1.17 bits per heavy atom. The molecule has 0 spiro atoms. The molecule has 0 aliphatic rings. The molecule has 18 heavy (non-hydrogen) atoms. The molecule has 0 unspecified atom stereocenters.